The molecule has 0 saturated carbocycles. The van der Waals surface area contributed by atoms with Crippen LogP contribution in [0.4, 0.5) is 0 Å². The van der Waals surface area contributed by atoms with E-state index >= 15 is 0 Å². The van der Waals surface area contributed by atoms with Crippen molar-refractivity contribution in [2.24, 2.45) is 11.8 Å². The predicted molar refractivity (Wildman–Crippen MR) is 85.1 cm³/mol. The SMILES string of the molecule is O=C(Cn1nc2ccccn2c1=O)N1CC[C@@H]2CNC[C@@H]2CC1. The van der Waals surface area contributed by atoms with Crippen LogP contribution in [-0.4, -0.2) is 51.2 Å². The molecule has 1 amide bonds. The van der Waals surface area contributed by atoms with E-state index in [1.165, 1.54) is 9.08 Å². The van der Waals surface area contributed by atoms with Gasteiger partial charge >= 0.3 is 5.69 Å². The summed E-state index contributed by atoms with van der Waals surface area (Å²) in [6.45, 7) is 3.72. The molecular weight excluding hydrogens is 294 g/mol. The molecule has 0 bridgehead atoms. The fourth-order valence-corrected chi connectivity index (χ4v) is 3.77. The molecule has 2 aliphatic rings. The maximum atomic E-state index is 12.6. The maximum absolute atomic E-state index is 12.6. The van der Waals surface area contributed by atoms with Crippen LogP contribution in [0.5, 0.6) is 0 Å². The van der Waals surface area contributed by atoms with Gasteiger partial charge in [-0.3, -0.25) is 9.20 Å². The summed E-state index contributed by atoms with van der Waals surface area (Å²) in [5.41, 5.74) is 0.312. The first-order valence-electron chi connectivity index (χ1n) is 8.25. The monoisotopic (exact) mass is 315 g/mol. The van der Waals surface area contributed by atoms with Gasteiger partial charge in [-0.2, -0.15) is 0 Å². The van der Waals surface area contributed by atoms with Crippen LogP contribution in [0.1, 0.15) is 12.8 Å². The van der Waals surface area contributed by atoms with Gasteiger partial charge in [-0.1, -0.05) is 6.07 Å². The molecule has 0 aromatic carbocycles. The van der Waals surface area contributed by atoms with Gasteiger partial charge < -0.3 is 10.2 Å². The average molecular weight is 315 g/mol. The van der Waals surface area contributed by atoms with Crippen LogP contribution in [0, 0.1) is 11.8 Å². The van der Waals surface area contributed by atoms with E-state index < -0.39 is 0 Å². The van der Waals surface area contributed by atoms with Crippen molar-refractivity contribution < 1.29 is 4.79 Å². The van der Waals surface area contributed by atoms with Crippen LogP contribution >= 0.6 is 0 Å². The highest BCUT2D eigenvalue weighted by molar-refractivity contribution is 5.76. The van der Waals surface area contributed by atoms with Crippen molar-refractivity contribution in [3.05, 3.63) is 34.9 Å². The van der Waals surface area contributed by atoms with E-state index in [0.717, 1.165) is 39.0 Å². The van der Waals surface area contributed by atoms with Gasteiger partial charge in [-0.15, -0.1) is 5.10 Å². The van der Waals surface area contributed by atoms with E-state index in [2.05, 4.69) is 10.4 Å². The summed E-state index contributed by atoms with van der Waals surface area (Å²) in [7, 11) is 0. The third-order valence-electron chi connectivity index (χ3n) is 5.15. The molecule has 2 atom stereocenters. The summed E-state index contributed by atoms with van der Waals surface area (Å²) in [5.74, 6) is 1.36. The molecular formula is C16H21N5O2. The highest BCUT2D eigenvalue weighted by Crippen LogP contribution is 2.27. The zero-order valence-corrected chi connectivity index (χ0v) is 13.0. The first kappa shape index (κ1) is 14.4. The minimum atomic E-state index is -0.259. The van der Waals surface area contributed by atoms with Crippen molar-refractivity contribution >= 4 is 11.6 Å². The summed E-state index contributed by atoms with van der Waals surface area (Å²) in [6, 6.07) is 5.38. The van der Waals surface area contributed by atoms with Crippen molar-refractivity contribution in [3.63, 3.8) is 0 Å². The van der Waals surface area contributed by atoms with E-state index in [1.807, 2.05) is 11.0 Å². The lowest BCUT2D eigenvalue weighted by Crippen LogP contribution is -2.37. The van der Waals surface area contributed by atoms with E-state index in [9.17, 15) is 9.59 Å². The van der Waals surface area contributed by atoms with Crippen LogP contribution < -0.4 is 11.0 Å². The molecule has 0 radical (unpaired) electrons. The fourth-order valence-electron chi connectivity index (χ4n) is 3.77. The molecule has 2 saturated heterocycles. The number of fused-ring (bicyclic) bond motifs is 2. The van der Waals surface area contributed by atoms with Gasteiger partial charge in [0.1, 0.15) is 6.54 Å². The predicted octanol–water partition coefficient (Wildman–Crippen LogP) is -0.0460. The number of hydrogen-bond acceptors (Lipinski definition) is 4. The number of carbonyl (C=O) groups is 1. The van der Waals surface area contributed by atoms with E-state index in [1.54, 1.807) is 18.3 Å². The van der Waals surface area contributed by atoms with E-state index in [0.29, 0.717) is 17.5 Å². The molecule has 2 aromatic heterocycles. The van der Waals surface area contributed by atoms with Gasteiger partial charge in [0.05, 0.1) is 0 Å². The Morgan fingerprint density at radius 2 is 1.96 bits per heavy atom. The maximum Gasteiger partial charge on any atom is 0.350 e. The Morgan fingerprint density at radius 3 is 2.65 bits per heavy atom. The van der Waals surface area contributed by atoms with Crippen molar-refractivity contribution in [1.29, 1.82) is 0 Å². The number of likely N-dealkylation sites (tertiary alicyclic amines) is 1. The van der Waals surface area contributed by atoms with Crippen LogP contribution in [-0.2, 0) is 11.3 Å². The standard InChI is InChI=1S/C16H21N5O2/c22-15(19-7-4-12-9-17-10-13(12)5-8-19)11-21-16(23)20-6-2-1-3-14(20)18-21/h1-3,6,12-13,17H,4-5,7-11H2/t12-,13+. The smallest absolute Gasteiger partial charge is 0.341 e. The molecule has 7 heteroatoms. The molecule has 122 valence electrons. The second-order valence-electron chi connectivity index (χ2n) is 6.51. The van der Waals surface area contributed by atoms with Crippen molar-refractivity contribution in [1.82, 2.24) is 24.4 Å². The minimum absolute atomic E-state index is 0.0107. The molecule has 2 aromatic rings. The number of pyridine rings is 1. The first-order chi connectivity index (χ1) is 11.2. The number of nitrogens with one attached hydrogen (secondary N) is 1. The Morgan fingerprint density at radius 1 is 1.22 bits per heavy atom. The normalized spacial score (nSPS) is 24.6. The lowest BCUT2D eigenvalue weighted by atomic mass is 9.92. The van der Waals surface area contributed by atoms with Gasteiger partial charge in [-0.05, 0) is 49.9 Å². The first-order valence-corrected chi connectivity index (χ1v) is 8.25. The molecule has 0 aliphatic carbocycles. The van der Waals surface area contributed by atoms with Gasteiger partial charge in [0, 0.05) is 19.3 Å². The largest absolute Gasteiger partial charge is 0.350 e. The summed E-state index contributed by atoms with van der Waals surface area (Å²) in [4.78, 5) is 26.7. The molecule has 2 fully saturated rings. The van der Waals surface area contributed by atoms with Gasteiger partial charge in [-0.25, -0.2) is 9.48 Å². The van der Waals surface area contributed by atoms with Crippen molar-refractivity contribution in [3.8, 4) is 0 Å². The Bertz CT molecular complexity index is 766. The van der Waals surface area contributed by atoms with Crippen LogP contribution in [0.25, 0.3) is 5.65 Å². The fraction of sp³-hybridized carbons (Fsp3) is 0.562. The van der Waals surface area contributed by atoms with Crippen molar-refractivity contribution in [2.45, 2.75) is 19.4 Å². The van der Waals surface area contributed by atoms with Crippen LogP contribution in [0.2, 0.25) is 0 Å². The summed E-state index contributed by atoms with van der Waals surface area (Å²) in [5, 5.41) is 7.67. The Hall–Kier alpha value is -2.15. The second kappa shape index (κ2) is 5.81. The number of hydrogen-bond donors (Lipinski definition) is 1. The molecule has 7 nitrogen and oxygen atoms in total. The summed E-state index contributed by atoms with van der Waals surface area (Å²) >= 11 is 0. The average Bonchev–Trinajstić information content (AvgIpc) is 3.07. The topological polar surface area (TPSA) is 71.6 Å². The zero-order chi connectivity index (χ0) is 15.8. The van der Waals surface area contributed by atoms with Crippen molar-refractivity contribution in [2.75, 3.05) is 26.2 Å². The highest BCUT2D eigenvalue weighted by Gasteiger charge is 2.31. The number of rotatable bonds is 2. The molecule has 0 unspecified atom stereocenters. The Labute approximate surface area is 133 Å². The van der Waals surface area contributed by atoms with Crippen LogP contribution in [0.3, 0.4) is 0 Å². The molecule has 1 N–H and O–H groups in total. The number of nitrogens with zero attached hydrogens (tertiary/aromatic N) is 4. The third-order valence-corrected chi connectivity index (χ3v) is 5.15. The Kier molecular flexibility index (Phi) is 3.65. The van der Waals surface area contributed by atoms with E-state index in [4.69, 9.17) is 0 Å². The van der Waals surface area contributed by atoms with Gasteiger partial charge in [0.15, 0.2) is 5.65 Å². The molecule has 2 aliphatic heterocycles. The highest BCUT2D eigenvalue weighted by atomic mass is 16.2. The zero-order valence-electron chi connectivity index (χ0n) is 13.0. The van der Waals surface area contributed by atoms with Gasteiger partial charge in [0.25, 0.3) is 0 Å². The molecule has 4 rings (SSSR count). The molecule has 23 heavy (non-hydrogen) atoms. The summed E-state index contributed by atoms with van der Waals surface area (Å²) in [6.07, 6.45) is 3.76. The van der Waals surface area contributed by atoms with Crippen LogP contribution in [0.15, 0.2) is 29.2 Å². The van der Waals surface area contributed by atoms with Gasteiger partial charge in [0.2, 0.25) is 5.91 Å². The molecule has 4 heterocycles. The quantitative estimate of drug-likeness (QED) is 0.844. The number of carbonyl (C=O) groups excluding carboxylic acids is 1. The van der Waals surface area contributed by atoms with E-state index in [-0.39, 0.29) is 18.1 Å². The number of aromatic nitrogens is 3. The third kappa shape index (κ3) is 2.65. The lowest BCUT2D eigenvalue weighted by molar-refractivity contribution is -0.132. The Balaban J connectivity index is 1.48. The molecule has 0 spiro atoms. The minimum Gasteiger partial charge on any atom is -0.341 e. The number of amides is 1. The second-order valence-corrected chi connectivity index (χ2v) is 6.51. The summed E-state index contributed by atoms with van der Waals surface area (Å²) < 4.78 is 2.73. The lowest BCUT2D eigenvalue weighted by Gasteiger charge is -2.20.